The summed E-state index contributed by atoms with van der Waals surface area (Å²) >= 11 is 0. The highest BCUT2D eigenvalue weighted by molar-refractivity contribution is 5.72. The van der Waals surface area contributed by atoms with E-state index in [0.717, 1.165) is 39.0 Å². The van der Waals surface area contributed by atoms with E-state index in [2.05, 4.69) is 10.2 Å². The van der Waals surface area contributed by atoms with Crippen LogP contribution in [0.25, 0.3) is 0 Å². The topological polar surface area (TPSA) is 41.6 Å². The van der Waals surface area contributed by atoms with Crippen molar-refractivity contribution in [3.63, 3.8) is 0 Å². The molecule has 2 aliphatic rings. The Morgan fingerprint density at radius 1 is 1.50 bits per heavy atom. The summed E-state index contributed by atoms with van der Waals surface area (Å²) in [4.78, 5) is 13.8. The van der Waals surface area contributed by atoms with Gasteiger partial charge in [-0.2, -0.15) is 0 Å². The number of fused-ring (bicyclic) bond motifs is 1. The van der Waals surface area contributed by atoms with Gasteiger partial charge in [0.05, 0.1) is 13.0 Å². The molecule has 2 fully saturated rings. The number of ether oxygens (including phenoxy) is 1. The standard InChI is InChI=1S/C10H18N2O2/c1-14-10(13)8-2-3-9-6-11-4-5-12(9)7-8/h8-9,11H,2-7H2,1H3/t8-,9-/m0/s1. The van der Waals surface area contributed by atoms with Crippen molar-refractivity contribution in [2.75, 3.05) is 33.3 Å². The molecule has 80 valence electrons. The summed E-state index contributed by atoms with van der Waals surface area (Å²) in [5.74, 6) is 0.0660. The van der Waals surface area contributed by atoms with Gasteiger partial charge >= 0.3 is 5.97 Å². The first-order valence-corrected chi connectivity index (χ1v) is 5.34. The van der Waals surface area contributed by atoms with Gasteiger partial charge < -0.3 is 10.1 Å². The van der Waals surface area contributed by atoms with Crippen LogP contribution >= 0.6 is 0 Å². The molecule has 0 aliphatic carbocycles. The van der Waals surface area contributed by atoms with Crippen LogP contribution in [0.3, 0.4) is 0 Å². The van der Waals surface area contributed by atoms with Gasteiger partial charge in [0.25, 0.3) is 0 Å². The molecule has 0 aromatic rings. The van der Waals surface area contributed by atoms with Crippen LogP contribution in [0.1, 0.15) is 12.8 Å². The molecule has 4 heteroatoms. The SMILES string of the molecule is COC(=O)[C@H]1CC[C@H]2CNCCN2C1. The van der Waals surface area contributed by atoms with Crippen molar-refractivity contribution in [1.82, 2.24) is 10.2 Å². The Morgan fingerprint density at radius 2 is 2.36 bits per heavy atom. The van der Waals surface area contributed by atoms with E-state index in [1.807, 2.05) is 0 Å². The van der Waals surface area contributed by atoms with Crippen molar-refractivity contribution in [2.24, 2.45) is 5.92 Å². The van der Waals surface area contributed by atoms with Crippen LogP contribution in [0, 0.1) is 5.92 Å². The highest BCUT2D eigenvalue weighted by atomic mass is 16.5. The molecule has 1 N–H and O–H groups in total. The van der Waals surface area contributed by atoms with E-state index in [1.54, 1.807) is 0 Å². The fourth-order valence-electron chi connectivity index (χ4n) is 2.45. The molecule has 2 rings (SSSR count). The van der Waals surface area contributed by atoms with Gasteiger partial charge in [0.1, 0.15) is 0 Å². The van der Waals surface area contributed by atoms with Gasteiger partial charge in [-0.15, -0.1) is 0 Å². The summed E-state index contributed by atoms with van der Waals surface area (Å²) < 4.78 is 4.79. The van der Waals surface area contributed by atoms with Crippen LogP contribution < -0.4 is 5.32 Å². The number of carbonyl (C=O) groups excluding carboxylic acids is 1. The fraction of sp³-hybridized carbons (Fsp3) is 0.900. The molecule has 0 amide bonds. The van der Waals surface area contributed by atoms with Crippen LogP contribution in [0.15, 0.2) is 0 Å². The maximum Gasteiger partial charge on any atom is 0.309 e. The highest BCUT2D eigenvalue weighted by Crippen LogP contribution is 2.23. The molecule has 2 heterocycles. The second-order valence-electron chi connectivity index (χ2n) is 4.15. The third kappa shape index (κ3) is 1.91. The Morgan fingerprint density at radius 3 is 3.14 bits per heavy atom. The molecule has 0 aromatic carbocycles. The number of methoxy groups -OCH3 is 1. The zero-order valence-electron chi connectivity index (χ0n) is 8.66. The molecule has 0 radical (unpaired) electrons. The van der Waals surface area contributed by atoms with E-state index < -0.39 is 0 Å². The maximum absolute atomic E-state index is 11.4. The smallest absolute Gasteiger partial charge is 0.309 e. The lowest BCUT2D eigenvalue weighted by Gasteiger charge is -2.41. The minimum atomic E-state index is -0.0398. The van der Waals surface area contributed by atoms with Gasteiger partial charge in [-0.25, -0.2) is 0 Å². The summed E-state index contributed by atoms with van der Waals surface area (Å²) in [6, 6.07) is 0.643. The molecule has 0 aromatic heterocycles. The van der Waals surface area contributed by atoms with Crippen molar-refractivity contribution in [2.45, 2.75) is 18.9 Å². The first kappa shape index (κ1) is 9.93. The maximum atomic E-state index is 11.4. The predicted molar refractivity (Wildman–Crippen MR) is 53.0 cm³/mol. The minimum absolute atomic E-state index is 0.0398. The number of hydrogen-bond donors (Lipinski definition) is 1. The van der Waals surface area contributed by atoms with Crippen LogP contribution in [0.5, 0.6) is 0 Å². The lowest BCUT2D eigenvalue weighted by Crippen LogP contribution is -2.55. The van der Waals surface area contributed by atoms with E-state index >= 15 is 0 Å². The van der Waals surface area contributed by atoms with E-state index in [9.17, 15) is 4.79 Å². The predicted octanol–water partition coefficient (Wildman–Crippen LogP) is -0.157. The van der Waals surface area contributed by atoms with E-state index in [0.29, 0.717) is 6.04 Å². The number of esters is 1. The molecule has 0 bridgehead atoms. The number of nitrogens with one attached hydrogen (secondary N) is 1. The van der Waals surface area contributed by atoms with Crippen molar-refractivity contribution in [1.29, 1.82) is 0 Å². The molecule has 4 nitrogen and oxygen atoms in total. The average molecular weight is 198 g/mol. The van der Waals surface area contributed by atoms with Gasteiger partial charge in [0, 0.05) is 32.2 Å². The van der Waals surface area contributed by atoms with Gasteiger partial charge in [0.15, 0.2) is 0 Å². The first-order chi connectivity index (χ1) is 6.81. The number of hydrogen-bond acceptors (Lipinski definition) is 4. The first-order valence-electron chi connectivity index (χ1n) is 5.34. The Bertz CT molecular complexity index is 220. The lowest BCUT2D eigenvalue weighted by molar-refractivity contribution is -0.148. The van der Waals surface area contributed by atoms with Crippen LogP contribution in [0.2, 0.25) is 0 Å². The van der Waals surface area contributed by atoms with Crippen LogP contribution in [0.4, 0.5) is 0 Å². The van der Waals surface area contributed by atoms with Gasteiger partial charge in [-0.3, -0.25) is 9.69 Å². The molecule has 2 saturated heterocycles. The molecule has 0 unspecified atom stereocenters. The summed E-state index contributed by atoms with van der Waals surface area (Å²) in [5.41, 5.74) is 0. The average Bonchev–Trinajstić information content (AvgIpc) is 2.27. The fourth-order valence-corrected chi connectivity index (χ4v) is 2.45. The number of piperidine rings is 1. The van der Waals surface area contributed by atoms with E-state index in [1.165, 1.54) is 7.11 Å². The third-order valence-corrected chi connectivity index (χ3v) is 3.31. The van der Waals surface area contributed by atoms with Crippen LogP contribution in [-0.2, 0) is 9.53 Å². The molecular weight excluding hydrogens is 180 g/mol. The normalized spacial score (nSPS) is 33.5. The van der Waals surface area contributed by atoms with Crippen molar-refractivity contribution >= 4 is 5.97 Å². The number of piperazine rings is 1. The van der Waals surface area contributed by atoms with Crippen LogP contribution in [-0.4, -0.2) is 50.2 Å². The van der Waals surface area contributed by atoms with Gasteiger partial charge in [-0.05, 0) is 12.8 Å². The highest BCUT2D eigenvalue weighted by Gasteiger charge is 2.33. The number of nitrogens with zero attached hydrogens (tertiary/aromatic N) is 1. The summed E-state index contributed by atoms with van der Waals surface area (Å²) in [6.45, 7) is 4.08. The Kier molecular flexibility index (Phi) is 3.03. The van der Waals surface area contributed by atoms with Gasteiger partial charge in [0.2, 0.25) is 0 Å². The van der Waals surface area contributed by atoms with Crippen molar-refractivity contribution < 1.29 is 9.53 Å². The molecule has 2 aliphatic heterocycles. The number of rotatable bonds is 1. The molecule has 14 heavy (non-hydrogen) atoms. The Labute approximate surface area is 84.6 Å². The number of carbonyl (C=O) groups is 1. The van der Waals surface area contributed by atoms with Gasteiger partial charge in [-0.1, -0.05) is 0 Å². The summed E-state index contributed by atoms with van der Waals surface area (Å²) in [6.07, 6.45) is 2.10. The molecule has 0 spiro atoms. The summed E-state index contributed by atoms with van der Waals surface area (Å²) in [5, 5.41) is 3.38. The minimum Gasteiger partial charge on any atom is -0.469 e. The third-order valence-electron chi connectivity index (χ3n) is 3.31. The van der Waals surface area contributed by atoms with Crippen molar-refractivity contribution in [3.05, 3.63) is 0 Å². The molecule has 2 atom stereocenters. The second kappa shape index (κ2) is 4.28. The van der Waals surface area contributed by atoms with E-state index in [-0.39, 0.29) is 11.9 Å². The Balaban J connectivity index is 1.92. The zero-order chi connectivity index (χ0) is 9.97. The zero-order valence-corrected chi connectivity index (χ0v) is 8.66. The summed E-state index contributed by atoms with van der Waals surface area (Å²) in [7, 11) is 1.48. The second-order valence-corrected chi connectivity index (χ2v) is 4.15. The van der Waals surface area contributed by atoms with Crippen molar-refractivity contribution in [3.8, 4) is 0 Å². The lowest BCUT2D eigenvalue weighted by atomic mass is 9.91. The monoisotopic (exact) mass is 198 g/mol. The van der Waals surface area contributed by atoms with E-state index in [4.69, 9.17) is 4.74 Å². The largest absolute Gasteiger partial charge is 0.469 e. The quantitative estimate of drug-likeness (QED) is 0.595. The molecule has 0 saturated carbocycles. The molecular formula is C10H18N2O2. The Hall–Kier alpha value is -0.610.